The van der Waals surface area contributed by atoms with Crippen LogP contribution in [0.25, 0.3) is 21.8 Å². The Morgan fingerprint density at radius 2 is 1.78 bits per heavy atom. The molecule has 9 heteroatoms. The fraction of sp³-hybridized carbons (Fsp3) is 0.321. The Morgan fingerprint density at radius 1 is 1.03 bits per heavy atom. The molecule has 0 unspecified atom stereocenters. The van der Waals surface area contributed by atoms with Crippen LogP contribution in [0.3, 0.4) is 0 Å². The number of carboxylic acids is 1. The van der Waals surface area contributed by atoms with E-state index in [1.54, 1.807) is 23.0 Å². The number of hydrogen-bond acceptors (Lipinski definition) is 3. The molecule has 1 aliphatic carbocycles. The molecule has 0 bridgehead atoms. The topological polar surface area (TPSA) is 84.2 Å². The quantitative estimate of drug-likeness (QED) is 0.340. The standard InChI is InChI=1S/C28H26F3N3O3/c29-28(30,31)22-13-20-10-12-34(16-21-4-1-3-18-5-2-11-32-24(18)21)25(20)23(14-22)26(35)33-15-17-6-8-19(9-7-17)27(36)37/h1-5,10-14,17,19H,6-9,15-16H2,(H,33,35)(H,36,37). The molecule has 2 N–H and O–H groups in total. The fourth-order valence-corrected chi connectivity index (χ4v) is 5.24. The highest BCUT2D eigenvalue weighted by Crippen LogP contribution is 2.35. The van der Waals surface area contributed by atoms with E-state index >= 15 is 0 Å². The van der Waals surface area contributed by atoms with Gasteiger partial charge in [0.1, 0.15) is 0 Å². The van der Waals surface area contributed by atoms with Crippen LogP contribution in [0.2, 0.25) is 0 Å². The lowest BCUT2D eigenvalue weighted by atomic mass is 9.82. The molecule has 0 radical (unpaired) electrons. The molecular weight excluding hydrogens is 483 g/mol. The number of alkyl halides is 3. The number of carbonyl (C=O) groups excluding carboxylic acids is 1. The number of pyridine rings is 1. The summed E-state index contributed by atoms with van der Waals surface area (Å²) in [7, 11) is 0. The van der Waals surface area contributed by atoms with Gasteiger partial charge in [-0.25, -0.2) is 0 Å². The molecule has 2 heterocycles. The van der Waals surface area contributed by atoms with E-state index in [0.717, 1.165) is 28.6 Å². The molecule has 1 fully saturated rings. The first-order valence-corrected chi connectivity index (χ1v) is 12.2. The number of para-hydroxylation sites is 1. The van der Waals surface area contributed by atoms with E-state index in [9.17, 15) is 27.9 Å². The summed E-state index contributed by atoms with van der Waals surface area (Å²) in [6.07, 6.45) is 1.16. The Labute approximate surface area is 211 Å². The number of carbonyl (C=O) groups is 2. The normalized spacial score (nSPS) is 18.2. The molecule has 192 valence electrons. The molecule has 1 saturated carbocycles. The van der Waals surface area contributed by atoms with Crippen LogP contribution < -0.4 is 5.32 Å². The number of amides is 1. The van der Waals surface area contributed by atoms with Crippen molar-refractivity contribution >= 4 is 33.7 Å². The summed E-state index contributed by atoms with van der Waals surface area (Å²) in [5, 5.41) is 13.3. The van der Waals surface area contributed by atoms with Gasteiger partial charge in [0.15, 0.2) is 0 Å². The molecule has 1 aliphatic rings. The van der Waals surface area contributed by atoms with Crippen LogP contribution in [-0.4, -0.2) is 33.1 Å². The van der Waals surface area contributed by atoms with Crippen LogP contribution in [0.4, 0.5) is 13.2 Å². The van der Waals surface area contributed by atoms with E-state index < -0.39 is 23.6 Å². The second-order valence-electron chi connectivity index (χ2n) is 9.66. The van der Waals surface area contributed by atoms with Crippen LogP contribution in [0.15, 0.2) is 60.9 Å². The van der Waals surface area contributed by atoms with Crippen molar-refractivity contribution in [3.63, 3.8) is 0 Å². The Morgan fingerprint density at radius 3 is 2.51 bits per heavy atom. The predicted octanol–water partition coefficient (Wildman–Crippen LogP) is 5.88. The van der Waals surface area contributed by atoms with Gasteiger partial charge >= 0.3 is 12.1 Å². The van der Waals surface area contributed by atoms with Gasteiger partial charge in [0.25, 0.3) is 5.91 Å². The second kappa shape index (κ2) is 9.88. The van der Waals surface area contributed by atoms with Gasteiger partial charge in [-0.05, 0) is 61.4 Å². The van der Waals surface area contributed by atoms with Gasteiger partial charge in [-0.15, -0.1) is 0 Å². The molecule has 0 spiro atoms. The highest BCUT2D eigenvalue weighted by atomic mass is 19.4. The van der Waals surface area contributed by atoms with Crippen molar-refractivity contribution < 1.29 is 27.9 Å². The van der Waals surface area contributed by atoms with Gasteiger partial charge in [-0.1, -0.05) is 24.3 Å². The smallest absolute Gasteiger partial charge is 0.416 e. The number of benzene rings is 2. The van der Waals surface area contributed by atoms with Crippen molar-refractivity contribution in [2.45, 2.75) is 38.4 Å². The fourth-order valence-electron chi connectivity index (χ4n) is 5.24. The number of carboxylic acid groups (broad SMARTS) is 1. The maximum Gasteiger partial charge on any atom is 0.416 e. The molecule has 2 aromatic carbocycles. The van der Waals surface area contributed by atoms with Gasteiger partial charge in [0.05, 0.1) is 28.1 Å². The van der Waals surface area contributed by atoms with E-state index in [1.807, 2.05) is 30.3 Å². The molecule has 0 atom stereocenters. The van der Waals surface area contributed by atoms with Crippen molar-refractivity contribution in [1.29, 1.82) is 0 Å². The molecule has 2 aromatic heterocycles. The van der Waals surface area contributed by atoms with E-state index in [-0.39, 0.29) is 23.9 Å². The van der Waals surface area contributed by atoms with E-state index in [2.05, 4.69) is 10.3 Å². The predicted molar refractivity (Wildman–Crippen MR) is 133 cm³/mol. The first-order chi connectivity index (χ1) is 17.7. The molecule has 37 heavy (non-hydrogen) atoms. The minimum Gasteiger partial charge on any atom is -0.481 e. The van der Waals surface area contributed by atoms with Crippen molar-refractivity contribution in [3.8, 4) is 0 Å². The highest BCUT2D eigenvalue weighted by molar-refractivity contribution is 6.06. The van der Waals surface area contributed by atoms with Gasteiger partial charge in [0.2, 0.25) is 0 Å². The van der Waals surface area contributed by atoms with Gasteiger partial charge in [0, 0.05) is 36.3 Å². The van der Waals surface area contributed by atoms with Crippen LogP contribution >= 0.6 is 0 Å². The Kier molecular flexibility index (Phi) is 6.62. The molecule has 5 rings (SSSR count). The number of aromatic nitrogens is 2. The summed E-state index contributed by atoms with van der Waals surface area (Å²) >= 11 is 0. The average Bonchev–Trinajstić information content (AvgIpc) is 3.29. The molecule has 6 nitrogen and oxygen atoms in total. The first kappa shape index (κ1) is 24.8. The average molecular weight is 510 g/mol. The van der Waals surface area contributed by atoms with Crippen LogP contribution in [0.1, 0.15) is 47.2 Å². The molecule has 0 saturated heterocycles. The summed E-state index contributed by atoms with van der Waals surface area (Å²) in [6, 6.07) is 13.1. The minimum absolute atomic E-state index is 0.0396. The summed E-state index contributed by atoms with van der Waals surface area (Å²) in [4.78, 5) is 28.9. The van der Waals surface area contributed by atoms with Crippen molar-refractivity contribution in [2.24, 2.45) is 11.8 Å². The Bertz CT molecular complexity index is 1460. The van der Waals surface area contributed by atoms with Crippen LogP contribution in [-0.2, 0) is 17.5 Å². The molecule has 4 aromatic rings. The molecule has 0 aliphatic heterocycles. The lowest BCUT2D eigenvalue weighted by Gasteiger charge is -2.26. The number of hydrogen-bond donors (Lipinski definition) is 2. The number of nitrogens with one attached hydrogen (secondary N) is 1. The van der Waals surface area contributed by atoms with E-state index in [1.165, 1.54) is 0 Å². The highest BCUT2D eigenvalue weighted by Gasteiger charge is 2.33. The number of aliphatic carboxylic acids is 1. The lowest BCUT2D eigenvalue weighted by molar-refractivity contribution is -0.143. The zero-order chi connectivity index (χ0) is 26.2. The molecular formula is C28H26F3N3O3. The summed E-state index contributed by atoms with van der Waals surface area (Å²) in [6.45, 7) is 0.625. The number of halogens is 3. The number of fused-ring (bicyclic) bond motifs is 2. The monoisotopic (exact) mass is 509 g/mol. The number of rotatable bonds is 6. The van der Waals surface area contributed by atoms with Gasteiger partial charge in [-0.2, -0.15) is 13.2 Å². The van der Waals surface area contributed by atoms with Crippen LogP contribution in [0, 0.1) is 11.8 Å². The zero-order valence-corrected chi connectivity index (χ0v) is 20.0. The third-order valence-electron chi connectivity index (χ3n) is 7.24. The Balaban J connectivity index is 1.46. The van der Waals surface area contributed by atoms with Crippen molar-refractivity contribution in [1.82, 2.24) is 14.9 Å². The van der Waals surface area contributed by atoms with Gasteiger partial charge in [-0.3, -0.25) is 14.6 Å². The number of nitrogens with zero attached hydrogens (tertiary/aromatic N) is 2. The maximum absolute atomic E-state index is 13.7. The van der Waals surface area contributed by atoms with Crippen molar-refractivity contribution in [3.05, 3.63) is 77.6 Å². The third-order valence-corrected chi connectivity index (χ3v) is 7.24. The molecule has 1 amide bonds. The first-order valence-electron chi connectivity index (χ1n) is 12.2. The minimum atomic E-state index is -4.60. The second-order valence-corrected chi connectivity index (χ2v) is 9.66. The maximum atomic E-state index is 13.7. The summed E-state index contributed by atoms with van der Waals surface area (Å²) < 4.78 is 42.8. The van der Waals surface area contributed by atoms with E-state index in [0.29, 0.717) is 43.1 Å². The Hall–Kier alpha value is -3.88. The van der Waals surface area contributed by atoms with Crippen molar-refractivity contribution in [2.75, 3.05) is 6.54 Å². The zero-order valence-electron chi connectivity index (χ0n) is 20.0. The SMILES string of the molecule is O=C(NCC1CCC(C(=O)O)CC1)c1cc(C(F)(F)F)cc2ccn(Cc3cccc4cccnc34)c12. The van der Waals surface area contributed by atoms with Gasteiger partial charge < -0.3 is 15.0 Å². The summed E-state index contributed by atoms with van der Waals surface area (Å²) in [5.74, 6) is -1.67. The summed E-state index contributed by atoms with van der Waals surface area (Å²) in [5.41, 5.74) is 1.19. The largest absolute Gasteiger partial charge is 0.481 e. The van der Waals surface area contributed by atoms with Crippen LogP contribution in [0.5, 0.6) is 0 Å². The third kappa shape index (κ3) is 5.16. The van der Waals surface area contributed by atoms with E-state index in [4.69, 9.17) is 0 Å². The lowest BCUT2D eigenvalue weighted by Crippen LogP contribution is -2.32.